The second-order valence-corrected chi connectivity index (χ2v) is 10.7. The van der Waals surface area contributed by atoms with Crippen LogP contribution in [0.3, 0.4) is 0 Å². The van der Waals surface area contributed by atoms with Gasteiger partial charge >= 0.3 is 5.97 Å². The third kappa shape index (κ3) is 11.5. The number of benzene rings is 2. The first-order valence-corrected chi connectivity index (χ1v) is 13.0. The van der Waals surface area contributed by atoms with Crippen molar-refractivity contribution in [3.05, 3.63) is 65.7 Å². The van der Waals surface area contributed by atoms with E-state index in [1.54, 1.807) is 20.8 Å². The van der Waals surface area contributed by atoms with E-state index in [-0.39, 0.29) is 18.2 Å². The lowest BCUT2D eigenvalue weighted by molar-refractivity contribution is -0.158. The van der Waals surface area contributed by atoms with Crippen LogP contribution >= 0.6 is 0 Å². The number of carbonyl (C=O) groups is 3. The molecular weight excluding hydrogens is 468 g/mol. The first-order chi connectivity index (χ1) is 17.5. The molecule has 0 aromatic heterocycles. The lowest BCUT2D eigenvalue weighted by Gasteiger charge is -2.27. The summed E-state index contributed by atoms with van der Waals surface area (Å²) in [7, 11) is 0. The molecule has 0 aliphatic rings. The predicted molar refractivity (Wildman–Crippen MR) is 145 cm³/mol. The summed E-state index contributed by atoms with van der Waals surface area (Å²) in [5.74, 6) is -0.198. The quantitative estimate of drug-likeness (QED) is 0.371. The summed E-state index contributed by atoms with van der Waals surface area (Å²) in [5, 5.41) is 5.66. The van der Waals surface area contributed by atoms with Crippen LogP contribution in [0.1, 0.15) is 71.9 Å². The molecule has 0 unspecified atom stereocenters. The first-order valence-electron chi connectivity index (χ1n) is 13.0. The van der Waals surface area contributed by atoms with Crippen LogP contribution in [0.2, 0.25) is 0 Å². The fraction of sp³-hybridized carbons (Fsp3) is 0.500. The number of amides is 2. The predicted octanol–water partition coefficient (Wildman–Crippen LogP) is 4.97. The fourth-order valence-electron chi connectivity index (χ4n) is 3.73. The van der Waals surface area contributed by atoms with E-state index in [0.29, 0.717) is 31.6 Å². The Balaban J connectivity index is 2.13. The SMILES string of the molecule is CCCC(=O)N[C@@H](CC(C)C)C(=O)N[C@@H](Cc1ccc(OCc2ccccc2)cc1)C(=O)OC(C)(C)C. The van der Waals surface area contributed by atoms with Crippen molar-refractivity contribution in [1.29, 1.82) is 0 Å². The minimum Gasteiger partial charge on any atom is -0.489 e. The molecule has 0 radical (unpaired) electrons. The molecule has 0 saturated heterocycles. The highest BCUT2D eigenvalue weighted by Gasteiger charge is 2.30. The third-order valence-electron chi connectivity index (χ3n) is 5.46. The molecule has 37 heavy (non-hydrogen) atoms. The van der Waals surface area contributed by atoms with Crippen molar-refractivity contribution in [1.82, 2.24) is 10.6 Å². The van der Waals surface area contributed by atoms with E-state index >= 15 is 0 Å². The smallest absolute Gasteiger partial charge is 0.329 e. The molecule has 2 aromatic rings. The summed E-state index contributed by atoms with van der Waals surface area (Å²) in [5.41, 5.74) is 1.21. The number of esters is 1. The Morgan fingerprint density at radius 2 is 1.51 bits per heavy atom. The first kappa shape index (κ1) is 29.9. The standard InChI is InChI=1S/C30H42N2O5/c1-7-11-27(33)31-25(18-21(2)3)28(34)32-26(29(35)37-30(4,5)6)19-22-14-16-24(17-15-22)36-20-23-12-9-8-10-13-23/h8-10,12-17,21,25-26H,7,11,18-20H2,1-6H3,(H,31,33)(H,32,34)/t25-,26-/m0/s1. The zero-order chi connectivity index (χ0) is 27.4. The van der Waals surface area contributed by atoms with Gasteiger partial charge in [-0.05, 0) is 62.8 Å². The molecule has 0 spiro atoms. The van der Waals surface area contributed by atoms with Crippen molar-refractivity contribution >= 4 is 17.8 Å². The Labute approximate surface area is 221 Å². The van der Waals surface area contributed by atoms with Crippen molar-refractivity contribution in [2.45, 2.75) is 91.5 Å². The molecule has 2 rings (SSSR count). The second kappa shape index (κ2) is 14.4. The molecule has 2 N–H and O–H groups in total. The molecular formula is C30H42N2O5. The zero-order valence-corrected chi connectivity index (χ0v) is 23.0. The average molecular weight is 511 g/mol. The molecule has 2 aromatic carbocycles. The number of hydrogen-bond donors (Lipinski definition) is 2. The number of hydrogen-bond acceptors (Lipinski definition) is 5. The summed E-state index contributed by atoms with van der Waals surface area (Å²) in [6, 6.07) is 15.7. The minimum absolute atomic E-state index is 0.178. The van der Waals surface area contributed by atoms with Crippen LogP contribution in [0.25, 0.3) is 0 Å². The lowest BCUT2D eigenvalue weighted by Crippen LogP contribution is -2.53. The van der Waals surface area contributed by atoms with Crippen LogP contribution in [0, 0.1) is 5.92 Å². The van der Waals surface area contributed by atoms with Crippen molar-refractivity contribution in [3.8, 4) is 5.75 Å². The number of carbonyl (C=O) groups excluding carboxylic acids is 3. The Morgan fingerprint density at radius 3 is 2.08 bits per heavy atom. The van der Waals surface area contributed by atoms with Gasteiger partial charge in [0.05, 0.1) is 0 Å². The molecule has 0 bridgehead atoms. The van der Waals surface area contributed by atoms with Crippen molar-refractivity contribution in [3.63, 3.8) is 0 Å². The molecule has 0 aliphatic heterocycles. The van der Waals surface area contributed by atoms with Crippen LogP contribution < -0.4 is 15.4 Å². The van der Waals surface area contributed by atoms with E-state index in [1.165, 1.54) is 0 Å². The largest absolute Gasteiger partial charge is 0.489 e. The van der Waals surface area contributed by atoms with E-state index < -0.39 is 29.6 Å². The molecule has 2 atom stereocenters. The van der Waals surface area contributed by atoms with Crippen molar-refractivity contribution < 1.29 is 23.9 Å². The summed E-state index contributed by atoms with van der Waals surface area (Å²) in [4.78, 5) is 38.5. The monoisotopic (exact) mass is 510 g/mol. The van der Waals surface area contributed by atoms with Crippen LogP contribution in [0.5, 0.6) is 5.75 Å². The Bertz CT molecular complexity index is 997. The average Bonchev–Trinajstić information content (AvgIpc) is 2.82. The molecule has 0 aliphatic carbocycles. The van der Waals surface area contributed by atoms with E-state index in [1.807, 2.05) is 75.4 Å². The molecule has 7 nitrogen and oxygen atoms in total. The van der Waals surface area contributed by atoms with Crippen LogP contribution in [0.4, 0.5) is 0 Å². The highest BCUT2D eigenvalue weighted by Crippen LogP contribution is 2.17. The maximum Gasteiger partial charge on any atom is 0.329 e. The van der Waals surface area contributed by atoms with E-state index in [9.17, 15) is 14.4 Å². The van der Waals surface area contributed by atoms with Gasteiger partial charge in [-0.3, -0.25) is 9.59 Å². The highest BCUT2D eigenvalue weighted by molar-refractivity contribution is 5.91. The topological polar surface area (TPSA) is 93.7 Å². The summed E-state index contributed by atoms with van der Waals surface area (Å²) in [6.45, 7) is 11.7. The molecule has 0 fully saturated rings. The number of ether oxygens (including phenoxy) is 2. The maximum atomic E-state index is 13.2. The van der Waals surface area contributed by atoms with Gasteiger partial charge in [0.2, 0.25) is 11.8 Å². The third-order valence-corrected chi connectivity index (χ3v) is 5.46. The molecule has 2 amide bonds. The molecule has 0 heterocycles. The van der Waals surface area contributed by atoms with Crippen LogP contribution in [-0.4, -0.2) is 35.5 Å². The highest BCUT2D eigenvalue weighted by atomic mass is 16.6. The van der Waals surface area contributed by atoms with Gasteiger partial charge in [-0.1, -0.05) is 63.2 Å². The summed E-state index contributed by atoms with van der Waals surface area (Å²) < 4.78 is 11.5. The molecule has 202 valence electrons. The molecule has 7 heteroatoms. The normalized spacial score (nSPS) is 12.9. The summed E-state index contributed by atoms with van der Waals surface area (Å²) >= 11 is 0. The minimum atomic E-state index is -0.902. The Hall–Kier alpha value is -3.35. The Kier molecular flexibility index (Phi) is 11.6. The fourth-order valence-corrected chi connectivity index (χ4v) is 3.73. The second-order valence-electron chi connectivity index (χ2n) is 10.7. The van der Waals surface area contributed by atoms with Gasteiger partial charge in [-0.2, -0.15) is 0 Å². The van der Waals surface area contributed by atoms with E-state index in [4.69, 9.17) is 9.47 Å². The van der Waals surface area contributed by atoms with Gasteiger partial charge in [0, 0.05) is 12.8 Å². The van der Waals surface area contributed by atoms with E-state index in [2.05, 4.69) is 10.6 Å². The Morgan fingerprint density at radius 1 is 0.865 bits per heavy atom. The van der Waals surface area contributed by atoms with Crippen LogP contribution in [-0.2, 0) is 32.1 Å². The van der Waals surface area contributed by atoms with Crippen LogP contribution in [0.15, 0.2) is 54.6 Å². The van der Waals surface area contributed by atoms with Gasteiger partial charge in [-0.25, -0.2) is 4.79 Å². The van der Waals surface area contributed by atoms with Gasteiger partial charge < -0.3 is 20.1 Å². The summed E-state index contributed by atoms with van der Waals surface area (Å²) in [6.07, 6.45) is 1.75. The van der Waals surface area contributed by atoms with Gasteiger partial charge in [0.25, 0.3) is 0 Å². The maximum absolute atomic E-state index is 13.2. The number of nitrogens with one attached hydrogen (secondary N) is 2. The van der Waals surface area contributed by atoms with Gasteiger partial charge in [-0.15, -0.1) is 0 Å². The number of rotatable bonds is 13. The van der Waals surface area contributed by atoms with Gasteiger partial charge in [0.1, 0.15) is 30.0 Å². The van der Waals surface area contributed by atoms with Crippen molar-refractivity contribution in [2.24, 2.45) is 5.92 Å². The lowest BCUT2D eigenvalue weighted by atomic mass is 10.0. The van der Waals surface area contributed by atoms with Crippen molar-refractivity contribution in [2.75, 3.05) is 0 Å². The zero-order valence-electron chi connectivity index (χ0n) is 23.0. The van der Waals surface area contributed by atoms with E-state index in [0.717, 1.165) is 11.1 Å². The van der Waals surface area contributed by atoms with Gasteiger partial charge in [0.15, 0.2) is 0 Å². The molecule has 0 saturated carbocycles.